The van der Waals surface area contributed by atoms with E-state index in [1.54, 1.807) is 0 Å². The first-order valence-electron chi connectivity index (χ1n) is 5.07. The van der Waals surface area contributed by atoms with Crippen LogP contribution in [0.3, 0.4) is 0 Å². The standard InChI is InChI=1S/C10H14N2O4/c11-10(15)16-7-3-1-2-6-12-8(13)4-5-9(12)14/h4-5H,1-3,6-7H2,(H2,11,15). The topological polar surface area (TPSA) is 89.7 Å². The van der Waals surface area contributed by atoms with Crippen molar-refractivity contribution >= 4 is 17.9 Å². The van der Waals surface area contributed by atoms with E-state index in [1.807, 2.05) is 0 Å². The van der Waals surface area contributed by atoms with Crippen molar-refractivity contribution < 1.29 is 19.1 Å². The van der Waals surface area contributed by atoms with Crippen LogP contribution >= 0.6 is 0 Å². The van der Waals surface area contributed by atoms with Gasteiger partial charge in [0.2, 0.25) is 0 Å². The van der Waals surface area contributed by atoms with Gasteiger partial charge in [0.25, 0.3) is 11.8 Å². The van der Waals surface area contributed by atoms with Crippen molar-refractivity contribution in [3.05, 3.63) is 12.2 Å². The molecule has 0 aromatic heterocycles. The molecule has 0 radical (unpaired) electrons. The summed E-state index contributed by atoms with van der Waals surface area (Å²) in [5, 5.41) is 0. The molecule has 1 aliphatic heterocycles. The van der Waals surface area contributed by atoms with Crippen molar-refractivity contribution in [1.82, 2.24) is 4.90 Å². The van der Waals surface area contributed by atoms with E-state index in [9.17, 15) is 14.4 Å². The second-order valence-corrected chi connectivity index (χ2v) is 3.39. The molecule has 1 rings (SSSR count). The van der Waals surface area contributed by atoms with Gasteiger partial charge >= 0.3 is 6.09 Å². The molecule has 1 heterocycles. The maximum Gasteiger partial charge on any atom is 0.404 e. The Morgan fingerprint density at radius 2 is 1.81 bits per heavy atom. The smallest absolute Gasteiger partial charge is 0.404 e. The number of hydrogen-bond donors (Lipinski definition) is 1. The van der Waals surface area contributed by atoms with Crippen LogP contribution in [0, 0.1) is 0 Å². The molecule has 6 heteroatoms. The number of unbranched alkanes of at least 4 members (excludes halogenated alkanes) is 2. The Morgan fingerprint density at radius 1 is 1.19 bits per heavy atom. The van der Waals surface area contributed by atoms with Crippen molar-refractivity contribution in [2.45, 2.75) is 19.3 Å². The third-order valence-electron chi connectivity index (χ3n) is 2.17. The van der Waals surface area contributed by atoms with E-state index < -0.39 is 6.09 Å². The number of nitrogens with two attached hydrogens (primary N) is 1. The summed E-state index contributed by atoms with van der Waals surface area (Å²) in [6.07, 6.45) is 3.88. The molecular weight excluding hydrogens is 212 g/mol. The summed E-state index contributed by atoms with van der Waals surface area (Å²) in [7, 11) is 0. The van der Waals surface area contributed by atoms with Gasteiger partial charge in [-0.05, 0) is 19.3 Å². The quantitative estimate of drug-likeness (QED) is 0.516. The third kappa shape index (κ3) is 3.72. The Bertz CT molecular complexity index is 307. The highest BCUT2D eigenvalue weighted by atomic mass is 16.5. The molecule has 0 spiro atoms. The van der Waals surface area contributed by atoms with Crippen LogP contribution in [0.25, 0.3) is 0 Å². The molecular formula is C10H14N2O4. The van der Waals surface area contributed by atoms with Crippen molar-refractivity contribution in [3.63, 3.8) is 0 Å². The van der Waals surface area contributed by atoms with Gasteiger partial charge < -0.3 is 10.5 Å². The number of nitrogens with zero attached hydrogens (tertiary/aromatic N) is 1. The van der Waals surface area contributed by atoms with Crippen LogP contribution in [-0.2, 0) is 14.3 Å². The fourth-order valence-electron chi connectivity index (χ4n) is 1.37. The van der Waals surface area contributed by atoms with E-state index in [-0.39, 0.29) is 18.4 Å². The van der Waals surface area contributed by atoms with E-state index in [0.717, 1.165) is 6.42 Å². The number of amides is 3. The van der Waals surface area contributed by atoms with E-state index in [4.69, 9.17) is 5.73 Å². The highest BCUT2D eigenvalue weighted by molar-refractivity contribution is 6.12. The molecule has 0 fully saturated rings. The van der Waals surface area contributed by atoms with Gasteiger partial charge in [0.15, 0.2) is 0 Å². The highest BCUT2D eigenvalue weighted by Gasteiger charge is 2.21. The maximum atomic E-state index is 11.1. The maximum absolute atomic E-state index is 11.1. The van der Waals surface area contributed by atoms with E-state index in [0.29, 0.717) is 19.4 Å². The van der Waals surface area contributed by atoms with Gasteiger partial charge in [-0.3, -0.25) is 14.5 Å². The fourth-order valence-corrected chi connectivity index (χ4v) is 1.37. The molecule has 88 valence electrons. The number of ether oxygens (including phenoxy) is 1. The molecule has 0 atom stereocenters. The summed E-state index contributed by atoms with van der Waals surface area (Å²) in [6.45, 7) is 0.677. The first-order chi connectivity index (χ1) is 7.61. The summed E-state index contributed by atoms with van der Waals surface area (Å²) in [6, 6.07) is 0. The monoisotopic (exact) mass is 226 g/mol. The van der Waals surface area contributed by atoms with Gasteiger partial charge in [0, 0.05) is 18.7 Å². The molecule has 3 amide bonds. The SMILES string of the molecule is NC(=O)OCCCCCN1C(=O)C=CC1=O. The number of carbonyl (C=O) groups is 3. The van der Waals surface area contributed by atoms with E-state index >= 15 is 0 Å². The average Bonchev–Trinajstić information content (AvgIpc) is 2.53. The number of hydrogen-bond acceptors (Lipinski definition) is 4. The zero-order valence-electron chi connectivity index (χ0n) is 8.85. The molecule has 1 aliphatic rings. The molecule has 0 aromatic carbocycles. The van der Waals surface area contributed by atoms with Crippen LogP contribution in [0.15, 0.2) is 12.2 Å². The van der Waals surface area contributed by atoms with Crippen LogP contribution in [-0.4, -0.2) is 36.0 Å². The lowest BCUT2D eigenvalue weighted by Gasteiger charge is -2.12. The third-order valence-corrected chi connectivity index (χ3v) is 2.17. The van der Waals surface area contributed by atoms with Crippen LogP contribution in [0.5, 0.6) is 0 Å². The van der Waals surface area contributed by atoms with Gasteiger partial charge in [-0.15, -0.1) is 0 Å². The summed E-state index contributed by atoms with van der Waals surface area (Å²) < 4.78 is 4.54. The van der Waals surface area contributed by atoms with Crippen LogP contribution < -0.4 is 5.73 Å². The summed E-state index contributed by atoms with van der Waals surface area (Å²) >= 11 is 0. The van der Waals surface area contributed by atoms with Crippen molar-refractivity contribution in [1.29, 1.82) is 0 Å². The Balaban J connectivity index is 2.05. The Labute approximate surface area is 93.0 Å². The van der Waals surface area contributed by atoms with Gasteiger partial charge in [-0.2, -0.15) is 0 Å². The molecule has 0 unspecified atom stereocenters. The lowest BCUT2D eigenvalue weighted by Crippen LogP contribution is -2.30. The zero-order valence-corrected chi connectivity index (χ0v) is 8.85. The van der Waals surface area contributed by atoms with Gasteiger partial charge in [0.1, 0.15) is 0 Å². The van der Waals surface area contributed by atoms with Crippen molar-refractivity contribution in [3.8, 4) is 0 Å². The average molecular weight is 226 g/mol. The van der Waals surface area contributed by atoms with Gasteiger partial charge in [0.05, 0.1) is 6.61 Å². The lowest BCUT2D eigenvalue weighted by atomic mass is 10.2. The summed E-state index contributed by atoms with van der Waals surface area (Å²) in [4.78, 5) is 33.7. The molecule has 0 aliphatic carbocycles. The highest BCUT2D eigenvalue weighted by Crippen LogP contribution is 2.06. The minimum Gasteiger partial charge on any atom is -0.450 e. The molecule has 0 bridgehead atoms. The Kier molecular flexibility index (Phi) is 4.50. The summed E-state index contributed by atoms with van der Waals surface area (Å²) in [5.41, 5.74) is 4.78. The van der Waals surface area contributed by atoms with Gasteiger partial charge in [-0.1, -0.05) is 0 Å². The predicted octanol–water partition coefficient (Wildman–Crippen LogP) is 0.177. The zero-order chi connectivity index (χ0) is 12.0. The van der Waals surface area contributed by atoms with E-state index in [2.05, 4.69) is 4.74 Å². The molecule has 16 heavy (non-hydrogen) atoms. The minimum absolute atomic E-state index is 0.265. The van der Waals surface area contributed by atoms with Crippen molar-refractivity contribution in [2.24, 2.45) is 5.73 Å². The predicted molar refractivity (Wildman–Crippen MR) is 55.2 cm³/mol. The molecule has 0 saturated heterocycles. The van der Waals surface area contributed by atoms with E-state index in [1.165, 1.54) is 17.1 Å². The van der Waals surface area contributed by atoms with Crippen LogP contribution in [0.1, 0.15) is 19.3 Å². The fraction of sp³-hybridized carbons (Fsp3) is 0.500. The summed E-state index contributed by atoms with van der Waals surface area (Å²) in [5.74, 6) is -0.531. The number of imide groups is 1. The van der Waals surface area contributed by atoms with Gasteiger partial charge in [-0.25, -0.2) is 4.79 Å². The number of rotatable bonds is 6. The molecule has 0 saturated carbocycles. The second-order valence-electron chi connectivity index (χ2n) is 3.39. The Hall–Kier alpha value is -1.85. The Morgan fingerprint density at radius 3 is 2.38 bits per heavy atom. The van der Waals surface area contributed by atoms with Crippen LogP contribution in [0.2, 0.25) is 0 Å². The lowest BCUT2D eigenvalue weighted by molar-refractivity contribution is -0.136. The largest absolute Gasteiger partial charge is 0.450 e. The number of primary amides is 1. The molecule has 6 nitrogen and oxygen atoms in total. The van der Waals surface area contributed by atoms with Crippen LogP contribution in [0.4, 0.5) is 4.79 Å². The molecule has 2 N–H and O–H groups in total. The first kappa shape index (κ1) is 12.2. The normalized spacial score (nSPS) is 14.6. The minimum atomic E-state index is -0.783. The number of carbonyl (C=O) groups excluding carboxylic acids is 3. The van der Waals surface area contributed by atoms with Crippen molar-refractivity contribution in [2.75, 3.05) is 13.2 Å². The first-order valence-corrected chi connectivity index (χ1v) is 5.07. The molecule has 0 aromatic rings. The second kappa shape index (κ2) is 5.89.